The van der Waals surface area contributed by atoms with Gasteiger partial charge in [-0.1, -0.05) is 17.7 Å². The number of nitrogens with zero attached hydrogens (tertiary/aromatic N) is 2. The second-order valence-corrected chi connectivity index (χ2v) is 6.24. The zero-order chi connectivity index (χ0) is 13.3. The summed E-state index contributed by atoms with van der Waals surface area (Å²) in [6.07, 6.45) is 0. The lowest BCUT2D eigenvalue weighted by Crippen LogP contribution is -2.57. The van der Waals surface area contributed by atoms with Gasteiger partial charge >= 0.3 is 0 Å². The zero-order valence-electron chi connectivity index (χ0n) is 11.2. The molecule has 0 amide bonds. The Morgan fingerprint density at radius 2 is 2.00 bits per heavy atom. The van der Waals surface area contributed by atoms with Gasteiger partial charge in [0.15, 0.2) is 0 Å². The van der Waals surface area contributed by atoms with Crippen molar-refractivity contribution in [2.24, 2.45) is 0 Å². The van der Waals surface area contributed by atoms with Gasteiger partial charge in [0.05, 0.1) is 0 Å². The normalized spacial score (nSPS) is 20.2. The van der Waals surface area contributed by atoms with E-state index in [1.807, 2.05) is 12.1 Å². The Bertz CT molecular complexity index is 432. The summed E-state index contributed by atoms with van der Waals surface area (Å²) in [7, 11) is 2.18. The molecule has 100 valence electrons. The van der Waals surface area contributed by atoms with Crippen molar-refractivity contribution in [3.63, 3.8) is 0 Å². The summed E-state index contributed by atoms with van der Waals surface area (Å²) in [5, 5.41) is 0.763. The largest absolute Gasteiger partial charge is 0.368 e. The van der Waals surface area contributed by atoms with Gasteiger partial charge in [-0.25, -0.2) is 0 Å². The Morgan fingerprint density at radius 1 is 1.28 bits per heavy atom. The van der Waals surface area contributed by atoms with E-state index in [4.69, 9.17) is 23.2 Å². The minimum atomic E-state index is 0.190. The van der Waals surface area contributed by atoms with Gasteiger partial charge < -0.3 is 4.90 Å². The Morgan fingerprint density at radius 3 is 2.56 bits per heavy atom. The summed E-state index contributed by atoms with van der Waals surface area (Å²) in [6, 6.07) is 6.17. The third-order valence-electron chi connectivity index (χ3n) is 3.86. The summed E-state index contributed by atoms with van der Waals surface area (Å²) >= 11 is 12.1. The van der Waals surface area contributed by atoms with Crippen molar-refractivity contribution in [3.8, 4) is 0 Å². The fraction of sp³-hybridized carbons (Fsp3) is 0.571. The number of rotatable bonds is 2. The van der Waals surface area contributed by atoms with Gasteiger partial charge in [0.1, 0.15) is 0 Å². The van der Waals surface area contributed by atoms with E-state index in [1.54, 1.807) is 0 Å². The summed E-state index contributed by atoms with van der Waals surface area (Å²) in [5.74, 6) is 0.466. The van der Waals surface area contributed by atoms with E-state index in [2.05, 4.69) is 36.8 Å². The highest BCUT2D eigenvalue weighted by Gasteiger charge is 2.31. The lowest BCUT2D eigenvalue weighted by Gasteiger charge is -2.46. The lowest BCUT2D eigenvalue weighted by molar-refractivity contribution is 0.139. The molecule has 0 aromatic heterocycles. The van der Waals surface area contributed by atoms with E-state index >= 15 is 0 Å². The molecule has 1 aromatic rings. The summed E-state index contributed by atoms with van der Waals surface area (Å²) in [6.45, 7) is 7.67. The molecule has 0 spiro atoms. The van der Waals surface area contributed by atoms with E-state index in [0.717, 1.165) is 30.2 Å². The standard InChI is InChI=1S/C14H20Cl2N2/c1-14(2)10-18(7-6-17(14)3)12-5-4-11(9-15)13(16)8-12/h4-5,8H,6-7,9-10H2,1-3H3. The highest BCUT2D eigenvalue weighted by Crippen LogP contribution is 2.28. The highest BCUT2D eigenvalue weighted by atomic mass is 35.5. The predicted octanol–water partition coefficient (Wildman–Crippen LogP) is 3.61. The van der Waals surface area contributed by atoms with Gasteiger partial charge in [-0.15, -0.1) is 11.6 Å². The third kappa shape index (κ3) is 2.76. The van der Waals surface area contributed by atoms with Crippen molar-refractivity contribution in [2.45, 2.75) is 25.3 Å². The van der Waals surface area contributed by atoms with Crippen LogP contribution >= 0.6 is 23.2 Å². The van der Waals surface area contributed by atoms with Gasteiger partial charge in [0.25, 0.3) is 0 Å². The second kappa shape index (κ2) is 5.28. The average molecular weight is 287 g/mol. The average Bonchev–Trinajstić information content (AvgIpc) is 2.32. The summed E-state index contributed by atoms with van der Waals surface area (Å²) in [4.78, 5) is 4.79. The molecule has 0 bridgehead atoms. The molecule has 1 heterocycles. The molecular formula is C14H20Cl2N2. The van der Waals surface area contributed by atoms with E-state index < -0.39 is 0 Å². The van der Waals surface area contributed by atoms with Crippen LogP contribution in [0, 0.1) is 0 Å². The predicted molar refractivity (Wildman–Crippen MR) is 79.9 cm³/mol. The number of anilines is 1. The van der Waals surface area contributed by atoms with Gasteiger partial charge in [0.2, 0.25) is 0 Å². The first kappa shape index (κ1) is 14.0. The van der Waals surface area contributed by atoms with Crippen molar-refractivity contribution in [3.05, 3.63) is 28.8 Å². The van der Waals surface area contributed by atoms with Crippen LogP contribution in [-0.4, -0.2) is 37.1 Å². The maximum atomic E-state index is 6.23. The van der Waals surface area contributed by atoms with Crippen molar-refractivity contribution >= 4 is 28.9 Å². The molecule has 2 rings (SSSR count). The third-order valence-corrected chi connectivity index (χ3v) is 4.50. The topological polar surface area (TPSA) is 6.48 Å². The molecule has 1 aliphatic heterocycles. The van der Waals surface area contributed by atoms with Crippen LogP contribution in [-0.2, 0) is 5.88 Å². The first-order valence-corrected chi connectivity index (χ1v) is 7.16. The maximum absolute atomic E-state index is 6.23. The lowest BCUT2D eigenvalue weighted by atomic mass is 9.99. The zero-order valence-corrected chi connectivity index (χ0v) is 12.7. The van der Waals surface area contributed by atoms with Crippen LogP contribution in [0.3, 0.4) is 0 Å². The van der Waals surface area contributed by atoms with E-state index in [0.29, 0.717) is 5.88 Å². The molecule has 0 aliphatic carbocycles. The molecule has 1 fully saturated rings. The van der Waals surface area contributed by atoms with Crippen LogP contribution in [0.1, 0.15) is 19.4 Å². The number of hydrogen-bond donors (Lipinski definition) is 0. The number of piperazine rings is 1. The number of halogens is 2. The SMILES string of the molecule is CN1CCN(c2ccc(CCl)c(Cl)c2)CC1(C)C. The molecule has 0 radical (unpaired) electrons. The second-order valence-electron chi connectivity index (χ2n) is 5.56. The highest BCUT2D eigenvalue weighted by molar-refractivity contribution is 6.32. The van der Waals surface area contributed by atoms with Crippen molar-refractivity contribution < 1.29 is 0 Å². The van der Waals surface area contributed by atoms with E-state index in [1.165, 1.54) is 5.69 Å². The van der Waals surface area contributed by atoms with Crippen LogP contribution in [0.4, 0.5) is 5.69 Å². The molecule has 0 saturated carbocycles. The minimum absolute atomic E-state index is 0.190. The van der Waals surface area contributed by atoms with Gasteiger partial charge in [-0.2, -0.15) is 0 Å². The van der Waals surface area contributed by atoms with E-state index in [9.17, 15) is 0 Å². The van der Waals surface area contributed by atoms with Crippen LogP contribution < -0.4 is 4.90 Å². The number of benzene rings is 1. The fourth-order valence-corrected chi connectivity index (χ4v) is 2.84. The molecule has 1 aromatic carbocycles. The van der Waals surface area contributed by atoms with Crippen molar-refractivity contribution in [2.75, 3.05) is 31.6 Å². The first-order chi connectivity index (χ1) is 8.44. The molecular weight excluding hydrogens is 267 g/mol. The van der Waals surface area contributed by atoms with Crippen molar-refractivity contribution in [1.82, 2.24) is 4.90 Å². The van der Waals surface area contributed by atoms with Gasteiger partial charge in [0, 0.05) is 41.8 Å². The fourth-order valence-electron chi connectivity index (χ4n) is 2.30. The Labute approximate surface area is 119 Å². The molecule has 1 aliphatic rings. The minimum Gasteiger partial charge on any atom is -0.368 e. The van der Waals surface area contributed by atoms with Gasteiger partial charge in [-0.3, -0.25) is 4.90 Å². The smallest absolute Gasteiger partial charge is 0.0488 e. The Balaban J connectivity index is 2.20. The van der Waals surface area contributed by atoms with Crippen molar-refractivity contribution in [1.29, 1.82) is 0 Å². The monoisotopic (exact) mass is 286 g/mol. The summed E-state index contributed by atoms with van der Waals surface area (Å²) < 4.78 is 0. The summed E-state index contributed by atoms with van der Waals surface area (Å²) in [5.41, 5.74) is 2.38. The first-order valence-electron chi connectivity index (χ1n) is 6.24. The molecule has 4 heteroatoms. The maximum Gasteiger partial charge on any atom is 0.0488 e. The Kier molecular flexibility index (Phi) is 4.10. The van der Waals surface area contributed by atoms with E-state index in [-0.39, 0.29) is 5.54 Å². The van der Waals surface area contributed by atoms with Crippen LogP contribution in [0.2, 0.25) is 5.02 Å². The van der Waals surface area contributed by atoms with Crippen LogP contribution in [0.25, 0.3) is 0 Å². The number of likely N-dealkylation sites (N-methyl/N-ethyl adjacent to an activating group) is 1. The molecule has 1 saturated heterocycles. The molecule has 18 heavy (non-hydrogen) atoms. The number of alkyl halides is 1. The van der Waals surface area contributed by atoms with Gasteiger partial charge in [-0.05, 0) is 38.6 Å². The van der Waals surface area contributed by atoms with Crippen LogP contribution in [0.5, 0.6) is 0 Å². The molecule has 2 nitrogen and oxygen atoms in total. The molecule has 0 atom stereocenters. The molecule has 0 N–H and O–H groups in total. The van der Waals surface area contributed by atoms with Crippen LogP contribution in [0.15, 0.2) is 18.2 Å². The quantitative estimate of drug-likeness (QED) is 0.767. The Hall–Kier alpha value is -0.440. The number of hydrogen-bond acceptors (Lipinski definition) is 2. The molecule has 0 unspecified atom stereocenters.